The van der Waals surface area contributed by atoms with Crippen LogP contribution in [-0.4, -0.2) is 37.6 Å². The molecule has 1 aliphatic carbocycles. The Morgan fingerprint density at radius 1 is 1.20 bits per heavy atom. The summed E-state index contributed by atoms with van der Waals surface area (Å²) in [5.41, 5.74) is 0. The van der Waals surface area contributed by atoms with Gasteiger partial charge in [-0.3, -0.25) is 0 Å². The lowest BCUT2D eigenvalue weighted by Crippen LogP contribution is -2.33. The van der Waals surface area contributed by atoms with Crippen molar-refractivity contribution in [3.05, 3.63) is 0 Å². The predicted molar refractivity (Wildman–Crippen MR) is 67.2 cm³/mol. The molecule has 0 aliphatic heterocycles. The van der Waals surface area contributed by atoms with Crippen molar-refractivity contribution in [3.8, 4) is 0 Å². The van der Waals surface area contributed by atoms with Crippen LogP contribution >= 0.6 is 0 Å². The second-order valence-electron chi connectivity index (χ2n) is 5.20. The predicted octanol–water partition coefficient (Wildman–Crippen LogP) is 2.50. The number of nitrogens with zero attached hydrogens (tertiary/aromatic N) is 1. The third-order valence-electron chi connectivity index (χ3n) is 3.29. The zero-order chi connectivity index (χ0) is 11.1. The Kier molecular flexibility index (Phi) is 6.26. The summed E-state index contributed by atoms with van der Waals surface area (Å²) < 4.78 is 0. The number of hydrogen-bond donors (Lipinski definition) is 1. The molecule has 1 fully saturated rings. The maximum Gasteiger partial charge on any atom is 0.00387 e. The molecule has 0 aromatic rings. The highest BCUT2D eigenvalue weighted by Gasteiger charge is 2.24. The van der Waals surface area contributed by atoms with E-state index in [1.165, 1.54) is 51.7 Å². The molecule has 0 unspecified atom stereocenters. The first-order valence-electron chi connectivity index (χ1n) is 6.62. The van der Waals surface area contributed by atoms with Gasteiger partial charge in [-0.15, -0.1) is 0 Å². The molecule has 1 saturated carbocycles. The van der Waals surface area contributed by atoms with E-state index in [4.69, 9.17) is 0 Å². The molecule has 0 heterocycles. The van der Waals surface area contributed by atoms with E-state index in [1.807, 2.05) is 7.05 Å². The second kappa shape index (κ2) is 7.24. The lowest BCUT2D eigenvalue weighted by atomic mass is 10.2. The van der Waals surface area contributed by atoms with Gasteiger partial charge >= 0.3 is 0 Å². The van der Waals surface area contributed by atoms with Crippen LogP contribution in [0.2, 0.25) is 0 Å². The Bertz CT molecular complexity index is 153. The van der Waals surface area contributed by atoms with Crippen molar-refractivity contribution in [2.75, 3.05) is 26.7 Å². The smallest absolute Gasteiger partial charge is 0.00387 e. The van der Waals surface area contributed by atoms with Crippen LogP contribution in [-0.2, 0) is 0 Å². The van der Waals surface area contributed by atoms with Crippen LogP contribution in [0, 0.1) is 5.92 Å². The van der Waals surface area contributed by atoms with E-state index in [9.17, 15) is 0 Å². The highest BCUT2D eigenvalue weighted by Crippen LogP contribution is 2.30. The molecule has 0 saturated heterocycles. The molecule has 1 N–H and O–H groups in total. The van der Waals surface area contributed by atoms with E-state index in [2.05, 4.69) is 24.1 Å². The van der Waals surface area contributed by atoms with Crippen molar-refractivity contribution >= 4 is 0 Å². The summed E-state index contributed by atoms with van der Waals surface area (Å²) in [5.74, 6) is 1.03. The van der Waals surface area contributed by atoms with E-state index < -0.39 is 0 Å². The van der Waals surface area contributed by atoms with Crippen LogP contribution in [0.4, 0.5) is 0 Å². The molecule has 0 aromatic heterocycles. The van der Waals surface area contributed by atoms with Gasteiger partial charge in [0.25, 0.3) is 0 Å². The quantitative estimate of drug-likeness (QED) is 0.591. The van der Waals surface area contributed by atoms with Crippen LogP contribution in [0.25, 0.3) is 0 Å². The van der Waals surface area contributed by atoms with Gasteiger partial charge in [0, 0.05) is 12.6 Å². The molecule has 1 aliphatic rings. The Balaban J connectivity index is 2.02. The monoisotopic (exact) mass is 212 g/mol. The zero-order valence-electron chi connectivity index (χ0n) is 10.8. The lowest BCUT2D eigenvalue weighted by molar-refractivity contribution is 0.208. The maximum atomic E-state index is 3.21. The second-order valence-corrected chi connectivity index (χ2v) is 5.20. The van der Waals surface area contributed by atoms with Crippen LogP contribution < -0.4 is 5.32 Å². The van der Waals surface area contributed by atoms with E-state index in [1.54, 1.807) is 0 Å². The fourth-order valence-corrected chi connectivity index (χ4v) is 1.99. The molecule has 0 spiro atoms. The van der Waals surface area contributed by atoms with Crippen LogP contribution in [0.15, 0.2) is 0 Å². The first kappa shape index (κ1) is 13.0. The minimum absolute atomic E-state index is 0.731. The number of unbranched alkanes of at least 4 members (excludes halogenated alkanes) is 2. The molecule has 0 radical (unpaired) electrons. The molecular formula is C13H28N2. The van der Waals surface area contributed by atoms with Crippen molar-refractivity contribution in [1.82, 2.24) is 10.2 Å². The standard InChI is InChI=1S/C13H28N2/c1-12(2)15(11-13-7-8-13)10-6-4-5-9-14-3/h12-14H,4-11H2,1-3H3. The van der Waals surface area contributed by atoms with Gasteiger partial charge in [0.15, 0.2) is 0 Å². The Hall–Kier alpha value is -0.0800. The average molecular weight is 212 g/mol. The molecule has 0 amide bonds. The molecule has 2 heteroatoms. The van der Waals surface area contributed by atoms with Gasteiger partial charge in [-0.2, -0.15) is 0 Å². The summed E-state index contributed by atoms with van der Waals surface area (Å²) >= 11 is 0. The van der Waals surface area contributed by atoms with Crippen LogP contribution in [0.3, 0.4) is 0 Å². The van der Waals surface area contributed by atoms with Gasteiger partial charge in [0.05, 0.1) is 0 Å². The van der Waals surface area contributed by atoms with E-state index in [-0.39, 0.29) is 0 Å². The van der Waals surface area contributed by atoms with Crippen molar-refractivity contribution < 1.29 is 0 Å². The van der Waals surface area contributed by atoms with Gasteiger partial charge in [-0.25, -0.2) is 0 Å². The van der Waals surface area contributed by atoms with Crippen LogP contribution in [0.5, 0.6) is 0 Å². The van der Waals surface area contributed by atoms with Crippen LogP contribution in [0.1, 0.15) is 46.0 Å². The molecule has 2 nitrogen and oxygen atoms in total. The minimum Gasteiger partial charge on any atom is -0.320 e. The number of rotatable bonds is 9. The third kappa shape index (κ3) is 6.16. The van der Waals surface area contributed by atoms with E-state index in [0.29, 0.717) is 0 Å². The van der Waals surface area contributed by atoms with Crippen molar-refractivity contribution in [2.45, 2.75) is 52.0 Å². The van der Waals surface area contributed by atoms with Crippen molar-refractivity contribution in [1.29, 1.82) is 0 Å². The van der Waals surface area contributed by atoms with Gasteiger partial charge < -0.3 is 10.2 Å². The summed E-state index contributed by atoms with van der Waals surface area (Å²) in [5, 5.41) is 3.21. The minimum atomic E-state index is 0.731. The highest BCUT2D eigenvalue weighted by molar-refractivity contribution is 4.78. The SMILES string of the molecule is CNCCCCCN(CC1CC1)C(C)C. The summed E-state index contributed by atoms with van der Waals surface area (Å²) in [6.07, 6.45) is 7.01. The number of nitrogens with one attached hydrogen (secondary N) is 1. The Morgan fingerprint density at radius 3 is 2.47 bits per heavy atom. The summed E-state index contributed by atoms with van der Waals surface area (Å²) in [6, 6.07) is 0.731. The highest BCUT2D eigenvalue weighted by atomic mass is 15.1. The van der Waals surface area contributed by atoms with Gasteiger partial charge in [0.2, 0.25) is 0 Å². The summed E-state index contributed by atoms with van der Waals surface area (Å²) in [6.45, 7) is 8.48. The fraction of sp³-hybridized carbons (Fsp3) is 1.00. The van der Waals surface area contributed by atoms with Gasteiger partial charge in [-0.05, 0) is 65.6 Å². The Morgan fingerprint density at radius 2 is 1.93 bits per heavy atom. The normalized spacial score (nSPS) is 16.6. The molecule has 0 aromatic carbocycles. The topological polar surface area (TPSA) is 15.3 Å². The maximum absolute atomic E-state index is 3.21. The third-order valence-corrected chi connectivity index (χ3v) is 3.29. The lowest BCUT2D eigenvalue weighted by Gasteiger charge is -2.26. The molecule has 0 bridgehead atoms. The fourth-order valence-electron chi connectivity index (χ4n) is 1.99. The average Bonchev–Trinajstić information content (AvgIpc) is 2.99. The Labute approximate surface area is 95.4 Å². The molecule has 0 atom stereocenters. The molecule has 1 rings (SSSR count). The van der Waals surface area contributed by atoms with Gasteiger partial charge in [0.1, 0.15) is 0 Å². The molecular weight excluding hydrogens is 184 g/mol. The van der Waals surface area contributed by atoms with E-state index in [0.717, 1.165) is 12.0 Å². The first-order chi connectivity index (χ1) is 7.24. The number of hydrogen-bond acceptors (Lipinski definition) is 2. The molecule has 90 valence electrons. The summed E-state index contributed by atoms with van der Waals surface area (Å²) in [4.78, 5) is 2.66. The zero-order valence-corrected chi connectivity index (χ0v) is 10.8. The molecule has 15 heavy (non-hydrogen) atoms. The van der Waals surface area contributed by atoms with Crippen molar-refractivity contribution in [3.63, 3.8) is 0 Å². The van der Waals surface area contributed by atoms with Gasteiger partial charge in [-0.1, -0.05) is 6.42 Å². The van der Waals surface area contributed by atoms with E-state index >= 15 is 0 Å². The first-order valence-corrected chi connectivity index (χ1v) is 6.62. The largest absolute Gasteiger partial charge is 0.320 e. The van der Waals surface area contributed by atoms with Crippen molar-refractivity contribution in [2.24, 2.45) is 5.92 Å². The summed E-state index contributed by atoms with van der Waals surface area (Å²) in [7, 11) is 2.04.